The van der Waals surface area contributed by atoms with Crippen LogP contribution in [0.5, 0.6) is 0 Å². The highest BCUT2D eigenvalue weighted by molar-refractivity contribution is 6.30. The molecule has 0 unspecified atom stereocenters. The number of nitrogens with two attached hydrogens (primary N) is 1. The summed E-state index contributed by atoms with van der Waals surface area (Å²) in [4.78, 5) is 22.5. The standard InChI is InChI=1S/C31H23Cl2N9/c32-21-10-6-19(7-11-21)26-18-27(39-28(34)38-26)20-8-14-24(15-9-20)36-30-40-29(35-23-4-2-1-3-5-23)41-31(42-30)37-25-16-12-22(33)13-17-25/h1-18H,(H2,34,38,39)(H3,35,36,37,40,41,42). The van der Waals surface area contributed by atoms with Crippen molar-refractivity contribution in [3.63, 3.8) is 0 Å². The average molecular weight is 592 g/mol. The third kappa shape index (κ3) is 6.72. The summed E-state index contributed by atoms with van der Waals surface area (Å²) in [5, 5.41) is 11.0. The number of anilines is 7. The third-order valence-electron chi connectivity index (χ3n) is 6.09. The first-order valence-corrected chi connectivity index (χ1v) is 13.6. The van der Waals surface area contributed by atoms with Crippen LogP contribution in [-0.2, 0) is 0 Å². The van der Waals surface area contributed by atoms with E-state index in [1.165, 1.54) is 0 Å². The molecule has 206 valence electrons. The van der Waals surface area contributed by atoms with Crippen molar-refractivity contribution in [2.45, 2.75) is 0 Å². The van der Waals surface area contributed by atoms with Crippen molar-refractivity contribution in [1.82, 2.24) is 24.9 Å². The molecule has 2 aromatic heterocycles. The van der Waals surface area contributed by atoms with Crippen LogP contribution in [0.1, 0.15) is 0 Å². The molecule has 4 aromatic carbocycles. The Bertz CT molecular complexity index is 1810. The summed E-state index contributed by atoms with van der Waals surface area (Å²) in [6.45, 7) is 0. The molecule has 0 radical (unpaired) electrons. The van der Waals surface area contributed by atoms with Crippen molar-refractivity contribution in [2.24, 2.45) is 0 Å². The molecule has 0 fully saturated rings. The lowest BCUT2D eigenvalue weighted by atomic mass is 10.1. The van der Waals surface area contributed by atoms with Crippen LogP contribution in [0.15, 0.2) is 109 Å². The molecular weight excluding hydrogens is 569 g/mol. The van der Waals surface area contributed by atoms with E-state index in [1.807, 2.05) is 97.1 Å². The van der Waals surface area contributed by atoms with Crippen LogP contribution in [0.3, 0.4) is 0 Å². The van der Waals surface area contributed by atoms with Gasteiger partial charge in [0.2, 0.25) is 23.8 Å². The van der Waals surface area contributed by atoms with Gasteiger partial charge in [-0.2, -0.15) is 15.0 Å². The van der Waals surface area contributed by atoms with Crippen molar-refractivity contribution in [2.75, 3.05) is 21.7 Å². The molecule has 6 rings (SSSR count). The lowest BCUT2D eigenvalue weighted by molar-refractivity contribution is 1.06. The fourth-order valence-corrected chi connectivity index (χ4v) is 4.34. The molecule has 5 N–H and O–H groups in total. The Morgan fingerprint density at radius 1 is 0.452 bits per heavy atom. The smallest absolute Gasteiger partial charge is 0.233 e. The molecular formula is C31H23Cl2N9. The number of halogens is 2. The van der Waals surface area contributed by atoms with E-state index >= 15 is 0 Å². The molecule has 9 nitrogen and oxygen atoms in total. The van der Waals surface area contributed by atoms with Crippen LogP contribution in [0.2, 0.25) is 10.0 Å². The first-order valence-electron chi connectivity index (χ1n) is 12.9. The summed E-state index contributed by atoms with van der Waals surface area (Å²) < 4.78 is 0. The predicted octanol–water partition coefficient (Wildman–Crippen LogP) is 8.12. The van der Waals surface area contributed by atoms with E-state index in [9.17, 15) is 0 Å². The van der Waals surface area contributed by atoms with Crippen LogP contribution >= 0.6 is 23.2 Å². The normalized spacial score (nSPS) is 10.7. The molecule has 42 heavy (non-hydrogen) atoms. The lowest BCUT2D eigenvalue weighted by Gasteiger charge is -2.12. The molecule has 0 spiro atoms. The summed E-state index contributed by atoms with van der Waals surface area (Å²) in [5.74, 6) is 1.27. The quantitative estimate of drug-likeness (QED) is 0.139. The largest absolute Gasteiger partial charge is 0.368 e. The van der Waals surface area contributed by atoms with Crippen molar-refractivity contribution >= 4 is 64.1 Å². The Kier molecular flexibility index (Phi) is 7.76. The fourth-order valence-electron chi connectivity index (χ4n) is 4.09. The molecule has 11 heteroatoms. The van der Waals surface area contributed by atoms with Gasteiger partial charge in [0.05, 0.1) is 11.4 Å². The Hall–Kier alpha value is -5.25. The second kappa shape index (κ2) is 12.1. The van der Waals surface area contributed by atoms with Gasteiger partial charge in [-0.1, -0.05) is 65.7 Å². The topological polar surface area (TPSA) is 127 Å². The number of nitrogens with one attached hydrogen (secondary N) is 3. The Morgan fingerprint density at radius 2 is 0.833 bits per heavy atom. The Labute approximate surface area is 251 Å². The highest BCUT2D eigenvalue weighted by Crippen LogP contribution is 2.28. The number of rotatable bonds is 8. The second-order valence-corrected chi connectivity index (χ2v) is 10.0. The van der Waals surface area contributed by atoms with Gasteiger partial charge in [0, 0.05) is 38.2 Å². The Morgan fingerprint density at radius 3 is 1.31 bits per heavy atom. The Balaban J connectivity index is 1.26. The summed E-state index contributed by atoms with van der Waals surface area (Å²) in [6, 6.07) is 34.0. The highest BCUT2D eigenvalue weighted by atomic mass is 35.5. The maximum Gasteiger partial charge on any atom is 0.233 e. The minimum Gasteiger partial charge on any atom is -0.368 e. The summed E-state index contributed by atoms with van der Waals surface area (Å²) in [7, 11) is 0. The van der Waals surface area contributed by atoms with Crippen LogP contribution < -0.4 is 21.7 Å². The maximum atomic E-state index is 6.04. The number of nitrogen functional groups attached to an aromatic ring is 1. The van der Waals surface area contributed by atoms with Crippen LogP contribution in [0.4, 0.5) is 40.9 Å². The molecule has 0 aliphatic rings. The minimum atomic E-state index is 0.184. The first-order chi connectivity index (χ1) is 20.5. The summed E-state index contributed by atoms with van der Waals surface area (Å²) in [6.07, 6.45) is 0. The van der Waals surface area contributed by atoms with Gasteiger partial charge in [-0.15, -0.1) is 0 Å². The van der Waals surface area contributed by atoms with Gasteiger partial charge in [0.15, 0.2) is 0 Å². The molecule has 0 saturated carbocycles. The van der Waals surface area contributed by atoms with Gasteiger partial charge < -0.3 is 21.7 Å². The fraction of sp³-hybridized carbons (Fsp3) is 0. The number of aromatic nitrogens is 5. The molecule has 0 atom stereocenters. The van der Waals surface area contributed by atoms with E-state index < -0.39 is 0 Å². The van der Waals surface area contributed by atoms with Crippen molar-refractivity contribution < 1.29 is 0 Å². The zero-order valence-corrected chi connectivity index (χ0v) is 23.5. The van der Waals surface area contributed by atoms with Gasteiger partial charge in [0.25, 0.3) is 0 Å². The number of benzene rings is 4. The highest BCUT2D eigenvalue weighted by Gasteiger charge is 2.11. The van der Waals surface area contributed by atoms with E-state index in [4.69, 9.17) is 28.9 Å². The lowest BCUT2D eigenvalue weighted by Crippen LogP contribution is -2.07. The van der Waals surface area contributed by atoms with Crippen molar-refractivity contribution in [3.8, 4) is 22.5 Å². The average Bonchev–Trinajstić information content (AvgIpc) is 2.99. The monoisotopic (exact) mass is 591 g/mol. The predicted molar refractivity (Wildman–Crippen MR) is 170 cm³/mol. The number of para-hydroxylation sites is 1. The van der Waals surface area contributed by atoms with Gasteiger partial charge in [-0.25, -0.2) is 9.97 Å². The van der Waals surface area contributed by atoms with Crippen molar-refractivity contribution in [3.05, 3.63) is 119 Å². The molecule has 6 aromatic rings. The molecule has 0 bridgehead atoms. The molecule has 0 aliphatic heterocycles. The summed E-state index contributed by atoms with van der Waals surface area (Å²) >= 11 is 12.1. The second-order valence-electron chi connectivity index (χ2n) is 9.14. The molecule has 0 aliphatic carbocycles. The third-order valence-corrected chi connectivity index (χ3v) is 6.59. The van der Waals surface area contributed by atoms with Crippen molar-refractivity contribution in [1.29, 1.82) is 0 Å². The number of hydrogen-bond acceptors (Lipinski definition) is 9. The number of hydrogen-bond donors (Lipinski definition) is 4. The van der Waals surface area contributed by atoms with Crippen LogP contribution in [0, 0.1) is 0 Å². The zero-order valence-electron chi connectivity index (χ0n) is 22.0. The number of nitrogens with zero attached hydrogens (tertiary/aromatic N) is 5. The molecule has 2 heterocycles. The first kappa shape index (κ1) is 26.9. The SMILES string of the molecule is Nc1nc(-c2ccc(Cl)cc2)cc(-c2ccc(Nc3nc(Nc4ccccc4)nc(Nc4ccc(Cl)cc4)n3)cc2)n1. The maximum absolute atomic E-state index is 6.04. The van der Waals surface area contributed by atoms with Gasteiger partial charge in [-0.05, 0) is 66.7 Å². The van der Waals surface area contributed by atoms with E-state index in [-0.39, 0.29) is 5.95 Å². The van der Waals surface area contributed by atoms with E-state index in [1.54, 1.807) is 12.1 Å². The van der Waals surface area contributed by atoms with Crippen LogP contribution in [0.25, 0.3) is 22.5 Å². The molecule has 0 saturated heterocycles. The van der Waals surface area contributed by atoms with E-state index in [2.05, 4.69) is 40.9 Å². The van der Waals surface area contributed by atoms with E-state index in [0.29, 0.717) is 39.3 Å². The minimum absolute atomic E-state index is 0.184. The zero-order chi connectivity index (χ0) is 28.9. The van der Waals surface area contributed by atoms with Gasteiger partial charge >= 0.3 is 0 Å². The van der Waals surface area contributed by atoms with Crippen LogP contribution in [-0.4, -0.2) is 24.9 Å². The molecule has 0 amide bonds. The van der Waals surface area contributed by atoms with Gasteiger partial charge in [0.1, 0.15) is 0 Å². The van der Waals surface area contributed by atoms with Gasteiger partial charge in [-0.3, -0.25) is 0 Å². The summed E-state index contributed by atoms with van der Waals surface area (Å²) in [5.41, 5.74) is 11.6. The van der Waals surface area contributed by atoms with E-state index in [0.717, 1.165) is 28.2 Å².